The highest BCUT2D eigenvalue weighted by Gasteiger charge is 2.23. The third-order valence-corrected chi connectivity index (χ3v) is 2.77. The summed E-state index contributed by atoms with van der Waals surface area (Å²) in [6.07, 6.45) is 8.00. The van der Waals surface area contributed by atoms with E-state index in [-0.39, 0.29) is 6.10 Å². The molecule has 0 N–H and O–H groups in total. The van der Waals surface area contributed by atoms with Gasteiger partial charge in [-0.25, -0.2) is 5.11 Å². The highest BCUT2D eigenvalue weighted by molar-refractivity contribution is 4.74. The maximum Gasteiger partial charge on any atom is 0.0958 e. The van der Waals surface area contributed by atoms with Gasteiger partial charge in [0, 0.05) is 0 Å². The highest BCUT2D eigenvalue weighted by Crippen LogP contribution is 2.29. The summed E-state index contributed by atoms with van der Waals surface area (Å²) >= 11 is 0. The molecule has 1 fully saturated rings. The van der Waals surface area contributed by atoms with E-state index in [9.17, 15) is 5.11 Å². The molecule has 1 aliphatic rings. The SMILES string of the molecule is CCCCC([O])C1CCCC1. The number of rotatable bonds is 4. The topological polar surface area (TPSA) is 19.9 Å². The molecule has 0 heterocycles. The van der Waals surface area contributed by atoms with Crippen molar-refractivity contribution >= 4 is 0 Å². The van der Waals surface area contributed by atoms with Crippen LogP contribution in [0.5, 0.6) is 0 Å². The first-order valence-corrected chi connectivity index (χ1v) is 5.00. The van der Waals surface area contributed by atoms with E-state index in [4.69, 9.17) is 0 Å². The van der Waals surface area contributed by atoms with Gasteiger partial charge in [0.25, 0.3) is 0 Å². The van der Waals surface area contributed by atoms with E-state index < -0.39 is 0 Å². The van der Waals surface area contributed by atoms with Crippen LogP contribution in [-0.2, 0) is 5.11 Å². The summed E-state index contributed by atoms with van der Waals surface area (Å²) in [6.45, 7) is 2.15. The molecule has 0 aromatic carbocycles. The molecule has 1 saturated carbocycles. The summed E-state index contributed by atoms with van der Waals surface area (Å²) in [5, 5.41) is 11.5. The van der Waals surface area contributed by atoms with Crippen LogP contribution in [0.1, 0.15) is 51.9 Å². The van der Waals surface area contributed by atoms with Crippen LogP contribution in [0.25, 0.3) is 0 Å². The van der Waals surface area contributed by atoms with Crippen molar-refractivity contribution in [2.24, 2.45) is 5.92 Å². The Morgan fingerprint density at radius 2 is 2.00 bits per heavy atom. The highest BCUT2D eigenvalue weighted by atomic mass is 16.3. The summed E-state index contributed by atoms with van der Waals surface area (Å²) in [4.78, 5) is 0. The van der Waals surface area contributed by atoms with Gasteiger partial charge in [-0.2, -0.15) is 0 Å². The third-order valence-electron chi connectivity index (χ3n) is 2.77. The molecule has 0 spiro atoms. The van der Waals surface area contributed by atoms with E-state index in [1.54, 1.807) is 0 Å². The minimum absolute atomic E-state index is 0.238. The van der Waals surface area contributed by atoms with Crippen LogP contribution in [-0.4, -0.2) is 6.10 Å². The summed E-state index contributed by atoms with van der Waals surface area (Å²) in [7, 11) is 0. The Kier molecular flexibility index (Phi) is 3.92. The number of hydrogen-bond acceptors (Lipinski definition) is 0. The van der Waals surface area contributed by atoms with Gasteiger partial charge in [0.15, 0.2) is 0 Å². The Morgan fingerprint density at radius 3 is 2.55 bits per heavy atom. The minimum atomic E-state index is -0.238. The van der Waals surface area contributed by atoms with E-state index in [2.05, 4.69) is 6.92 Å². The van der Waals surface area contributed by atoms with E-state index in [1.807, 2.05) is 0 Å². The normalized spacial score (nSPS) is 22.4. The van der Waals surface area contributed by atoms with E-state index >= 15 is 0 Å². The first-order valence-electron chi connectivity index (χ1n) is 5.00. The molecule has 0 aromatic rings. The molecule has 1 nitrogen and oxygen atoms in total. The van der Waals surface area contributed by atoms with Crippen LogP contribution >= 0.6 is 0 Å². The second kappa shape index (κ2) is 4.76. The zero-order valence-electron chi connectivity index (χ0n) is 7.51. The molecule has 0 bridgehead atoms. The predicted octanol–water partition coefficient (Wildman–Crippen LogP) is 3.17. The zero-order valence-corrected chi connectivity index (χ0v) is 7.51. The minimum Gasteiger partial charge on any atom is -0.233 e. The lowest BCUT2D eigenvalue weighted by atomic mass is 9.97. The molecule has 1 heteroatoms. The average molecular weight is 155 g/mol. The van der Waals surface area contributed by atoms with Crippen LogP contribution in [0.4, 0.5) is 0 Å². The number of hydrogen-bond donors (Lipinski definition) is 0. The Labute approximate surface area is 69.8 Å². The molecule has 0 amide bonds. The zero-order chi connectivity index (χ0) is 8.10. The quantitative estimate of drug-likeness (QED) is 0.594. The first-order chi connectivity index (χ1) is 5.34. The molecule has 1 rings (SSSR count). The van der Waals surface area contributed by atoms with Gasteiger partial charge in [0.05, 0.1) is 6.10 Å². The molecule has 0 saturated heterocycles. The van der Waals surface area contributed by atoms with Crippen molar-refractivity contribution in [1.29, 1.82) is 0 Å². The van der Waals surface area contributed by atoms with Crippen molar-refractivity contribution in [3.63, 3.8) is 0 Å². The molecule has 65 valence electrons. The van der Waals surface area contributed by atoms with Gasteiger partial charge in [0.2, 0.25) is 0 Å². The Bertz CT molecular complexity index is 95.0. The maximum atomic E-state index is 11.5. The van der Waals surface area contributed by atoms with Crippen molar-refractivity contribution < 1.29 is 5.11 Å². The van der Waals surface area contributed by atoms with Crippen molar-refractivity contribution in [2.45, 2.75) is 58.0 Å². The summed E-state index contributed by atoms with van der Waals surface area (Å²) in [6, 6.07) is 0. The molecule has 0 aliphatic heterocycles. The third kappa shape index (κ3) is 2.82. The number of unbranched alkanes of at least 4 members (excludes halogenated alkanes) is 1. The van der Waals surface area contributed by atoms with Crippen LogP contribution in [0.15, 0.2) is 0 Å². The summed E-state index contributed by atoms with van der Waals surface area (Å²) in [5.41, 5.74) is 0. The van der Waals surface area contributed by atoms with Crippen LogP contribution in [0, 0.1) is 5.92 Å². The van der Waals surface area contributed by atoms with Gasteiger partial charge < -0.3 is 0 Å². The van der Waals surface area contributed by atoms with Crippen molar-refractivity contribution in [1.82, 2.24) is 0 Å². The molecule has 0 aromatic heterocycles. The molecular weight excluding hydrogens is 136 g/mol. The predicted molar refractivity (Wildman–Crippen MR) is 46.0 cm³/mol. The van der Waals surface area contributed by atoms with Crippen LogP contribution in [0.2, 0.25) is 0 Å². The first kappa shape index (κ1) is 9.05. The van der Waals surface area contributed by atoms with Crippen LogP contribution < -0.4 is 0 Å². The largest absolute Gasteiger partial charge is 0.233 e. The van der Waals surface area contributed by atoms with Crippen molar-refractivity contribution in [2.75, 3.05) is 0 Å². The van der Waals surface area contributed by atoms with Crippen LogP contribution in [0.3, 0.4) is 0 Å². The monoisotopic (exact) mass is 155 g/mol. The van der Waals surface area contributed by atoms with Crippen molar-refractivity contribution in [3.05, 3.63) is 0 Å². The summed E-state index contributed by atoms with van der Waals surface area (Å²) in [5.74, 6) is 0.529. The lowest BCUT2D eigenvalue weighted by Crippen LogP contribution is -2.15. The Balaban J connectivity index is 2.12. The lowest BCUT2D eigenvalue weighted by Gasteiger charge is -2.14. The van der Waals surface area contributed by atoms with Gasteiger partial charge in [-0.3, -0.25) is 0 Å². The second-order valence-electron chi connectivity index (χ2n) is 3.73. The molecular formula is C10H19O. The second-order valence-corrected chi connectivity index (χ2v) is 3.73. The van der Waals surface area contributed by atoms with E-state index in [0.717, 1.165) is 12.8 Å². The molecule has 1 atom stereocenters. The molecule has 1 aliphatic carbocycles. The van der Waals surface area contributed by atoms with Gasteiger partial charge in [-0.05, 0) is 25.2 Å². The fourth-order valence-corrected chi connectivity index (χ4v) is 1.97. The fraction of sp³-hybridized carbons (Fsp3) is 1.00. The smallest absolute Gasteiger partial charge is 0.0958 e. The van der Waals surface area contributed by atoms with Gasteiger partial charge >= 0.3 is 0 Å². The van der Waals surface area contributed by atoms with Gasteiger partial charge in [-0.15, -0.1) is 0 Å². The van der Waals surface area contributed by atoms with E-state index in [1.165, 1.54) is 32.1 Å². The molecule has 1 unspecified atom stereocenters. The van der Waals surface area contributed by atoms with Gasteiger partial charge in [0.1, 0.15) is 0 Å². The molecule has 11 heavy (non-hydrogen) atoms. The Morgan fingerprint density at radius 1 is 1.36 bits per heavy atom. The fourth-order valence-electron chi connectivity index (χ4n) is 1.97. The summed E-state index contributed by atoms with van der Waals surface area (Å²) < 4.78 is 0. The van der Waals surface area contributed by atoms with Crippen molar-refractivity contribution in [3.8, 4) is 0 Å². The maximum absolute atomic E-state index is 11.5. The standard InChI is InChI=1S/C10H19O/c1-2-3-8-10(11)9-6-4-5-7-9/h9-10H,2-8H2,1H3. The molecule has 1 radical (unpaired) electrons. The average Bonchev–Trinajstić information content (AvgIpc) is 2.52. The van der Waals surface area contributed by atoms with Gasteiger partial charge in [-0.1, -0.05) is 32.6 Å². The van der Waals surface area contributed by atoms with E-state index in [0.29, 0.717) is 5.92 Å². The lowest BCUT2D eigenvalue weighted by molar-refractivity contribution is 0.0304. The Hall–Kier alpha value is -0.0400.